The molecule has 0 radical (unpaired) electrons. The molecule has 17 heavy (non-hydrogen) atoms. The van der Waals surface area contributed by atoms with Crippen LogP contribution >= 0.6 is 0 Å². The molecule has 4 aliphatic carbocycles. The largest absolute Gasteiger partial charge is 0.426 e. The van der Waals surface area contributed by atoms with Gasteiger partial charge in [-0.3, -0.25) is 0 Å². The highest BCUT2D eigenvalue weighted by molar-refractivity contribution is 5.31. The van der Waals surface area contributed by atoms with Gasteiger partial charge in [0.1, 0.15) is 0 Å². The summed E-state index contributed by atoms with van der Waals surface area (Å²) in [5.74, 6) is -2.29. The monoisotopic (exact) mass is 258 g/mol. The fourth-order valence-corrected chi connectivity index (χ4v) is 4.79. The van der Waals surface area contributed by atoms with Crippen molar-refractivity contribution in [2.24, 2.45) is 29.6 Å². The van der Waals surface area contributed by atoms with E-state index in [2.05, 4.69) is 4.74 Å². The molecule has 6 bridgehead atoms. The molecule has 5 rings (SSSR count). The summed E-state index contributed by atoms with van der Waals surface area (Å²) in [6.07, 6.45) is -11.1. The molecule has 5 unspecified atom stereocenters. The zero-order valence-electron chi connectivity index (χ0n) is 8.35. The van der Waals surface area contributed by atoms with Gasteiger partial charge < -0.3 is 4.74 Å². The molecule has 7 heteroatoms. The molecular weight excluding hydrogens is 250 g/mol. The normalized spacial score (nSPS) is 53.3. The van der Waals surface area contributed by atoms with Gasteiger partial charge >= 0.3 is 12.4 Å². The Morgan fingerprint density at radius 2 is 1.47 bits per heavy atom. The van der Waals surface area contributed by atoms with E-state index in [9.17, 15) is 26.3 Å². The highest BCUT2D eigenvalue weighted by atomic mass is 19.4. The van der Waals surface area contributed by atoms with E-state index in [4.69, 9.17) is 0 Å². The lowest BCUT2D eigenvalue weighted by Gasteiger charge is -2.39. The first kappa shape index (κ1) is 10.5. The van der Waals surface area contributed by atoms with Crippen molar-refractivity contribution >= 4 is 0 Å². The molecule has 1 saturated heterocycles. The Morgan fingerprint density at radius 1 is 0.882 bits per heavy atom. The van der Waals surface area contributed by atoms with Crippen LogP contribution in [0.4, 0.5) is 26.3 Å². The van der Waals surface area contributed by atoms with Crippen LogP contribution < -0.4 is 0 Å². The molecule has 6 atom stereocenters. The molecule has 1 heterocycles. The van der Waals surface area contributed by atoms with E-state index in [1.54, 1.807) is 0 Å². The number of ether oxygens (including phenoxy) is 1. The minimum atomic E-state index is -5.37. The molecule has 0 aromatic rings. The highest BCUT2D eigenvalue weighted by Gasteiger charge is 2.92. The van der Waals surface area contributed by atoms with E-state index in [0.29, 0.717) is 6.42 Å². The average Bonchev–Trinajstić information content (AvgIpc) is 2.50. The van der Waals surface area contributed by atoms with Crippen LogP contribution in [0.2, 0.25) is 0 Å². The van der Waals surface area contributed by atoms with E-state index in [-0.39, 0.29) is 11.8 Å². The van der Waals surface area contributed by atoms with Crippen molar-refractivity contribution in [3.8, 4) is 0 Å². The van der Waals surface area contributed by atoms with Crippen LogP contribution in [-0.4, -0.2) is 24.1 Å². The molecule has 1 aliphatic heterocycles. The minimum absolute atomic E-state index is 0.0252. The van der Waals surface area contributed by atoms with E-state index in [1.165, 1.54) is 0 Å². The van der Waals surface area contributed by atoms with Crippen molar-refractivity contribution in [3.05, 3.63) is 0 Å². The maximum Gasteiger partial charge on any atom is 0.426 e. The molecule has 5 fully saturated rings. The SMILES string of the molecule is FC(F)(F)C1(C(F)(F)F)OC2C3C4C[C@H]2C1C43. The predicted molar refractivity (Wildman–Crippen MR) is 41.8 cm³/mol. The van der Waals surface area contributed by atoms with Crippen LogP contribution in [0, 0.1) is 29.6 Å². The number of alkyl halides is 6. The Labute approximate surface area is 92.1 Å². The molecule has 0 spiro atoms. The third-order valence-electron chi connectivity index (χ3n) is 5.15. The van der Waals surface area contributed by atoms with Crippen LogP contribution in [0.25, 0.3) is 0 Å². The molecule has 0 amide bonds. The number of halogens is 6. The lowest BCUT2D eigenvalue weighted by molar-refractivity contribution is -0.393. The van der Waals surface area contributed by atoms with Crippen molar-refractivity contribution in [2.75, 3.05) is 0 Å². The van der Waals surface area contributed by atoms with Crippen molar-refractivity contribution in [3.63, 3.8) is 0 Å². The molecule has 1 nitrogen and oxygen atoms in total. The zero-order chi connectivity index (χ0) is 12.4. The minimum Gasteiger partial charge on any atom is -0.354 e. The molecule has 0 N–H and O–H groups in total. The van der Waals surface area contributed by atoms with Crippen molar-refractivity contribution in [1.82, 2.24) is 0 Å². The Kier molecular flexibility index (Phi) is 1.43. The zero-order valence-corrected chi connectivity index (χ0v) is 8.35. The van der Waals surface area contributed by atoms with Gasteiger partial charge in [0, 0.05) is 5.92 Å². The number of hydrogen-bond donors (Lipinski definition) is 0. The first-order valence-corrected chi connectivity index (χ1v) is 5.51. The topological polar surface area (TPSA) is 9.23 Å². The second kappa shape index (κ2) is 2.33. The molecule has 0 aromatic carbocycles. The van der Waals surface area contributed by atoms with E-state index < -0.39 is 41.8 Å². The van der Waals surface area contributed by atoms with E-state index in [1.807, 2.05) is 0 Å². The summed E-state index contributed by atoms with van der Waals surface area (Å²) >= 11 is 0. The summed E-state index contributed by atoms with van der Waals surface area (Å²) in [4.78, 5) is 0. The van der Waals surface area contributed by atoms with Gasteiger partial charge in [-0.2, -0.15) is 26.3 Å². The van der Waals surface area contributed by atoms with Gasteiger partial charge in [0.2, 0.25) is 0 Å². The lowest BCUT2D eigenvalue weighted by atomic mass is 9.81. The van der Waals surface area contributed by atoms with Gasteiger partial charge in [-0.15, -0.1) is 0 Å². The summed E-state index contributed by atoms with van der Waals surface area (Å²) in [7, 11) is 0. The van der Waals surface area contributed by atoms with Gasteiger partial charge in [0.15, 0.2) is 0 Å². The fraction of sp³-hybridized carbons (Fsp3) is 1.00. The smallest absolute Gasteiger partial charge is 0.354 e. The second-order valence-corrected chi connectivity index (χ2v) is 5.56. The van der Waals surface area contributed by atoms with Gasteiger partial charge in [0.05, 0.1) is 6.10 Å². The molecule has 96 valence electrons. The highest BCUT2D eigenvalue weighted by Crippen LogP contribution is 2.83. The quantitative estimate of drug-likeness (QED) is 0.607. The maximum absolute atomic E-state index is 12.9. The summed E-state index contributed by atoms with van der Waals surface area (Å²) < 4.78 is 82.0. The standard InChI is InChI=1S/C10H8F6O/c11-9(12,13)8(10(14,15)16)6-3-1-2-4(6)5(2)7(3)17-8/h2-7H,1H2/t2?,3-,4?,5?,6?,7?/m0/s1. The number of hydrogen-bond acceptors (Lipinski definition) is 1. The Hall–Kier alpha value is -0.460. The van der Waals surface area contributed by atoms with Crippen LogP contribution in [-0.2, 0) is 4.74 Å². The third kappa shape index (κ3) is 0.831. The van der Waals surface area contributed by atoms with Crippen LogP contribution in [0.15, 0.2) is 0 Å². The number of rotatable bonds is 0. The van der Waals surface area contributed by atoms with Crippen molar-refractivity contribution in [1.29, 1.82) is 0 Å². The molecule has 5 aliphatic rings. The first-order chi connectivity index (χ1) is 7.70. The summed E-state index contributed by atoms with van der Waals surface area (Å²) in [5, 5.41) is 0. The Bertz CT molecular complexity index is 385. The average molecular weight is 258 g/mol. The van der Waals surface area contributed by atoms with E-state index >= 15 is 0 Å². The van der Waals surface area contributed by atoms with Crippen molar-refractivity contribution in [2.45, 2.75) is 30.5 Å². The van der Waals surface area contributed by atoms with Gasteiger partial charge in [-0.05, 0) is 30.1 Å². The predicted octanol–water partition coefficient (Wildman–Crippen LogP) is 2.76. The Morgan fingerprint density at radius 3 is 1.82 bits per heavy atom. The summed E-state index contributed by atoms with van der Waals surface area (Å²) in [6.45, 7) is 0. The van der Waals surface area contributed by atoms with Crippen LogP contribution in [0.3, 0.4) is 0 Å². The second-order valence-electron chi connectivity index (χ2n) is 5.56. The van der Waals surface area contributed by atoms with Crippen LogP contribution in [0.5, 0.6) is 0 Å². The molecular formula is C10H8F6O. The Balaban J connectivity index is 1.86. The maximum atomic E-state index is 12.9. The van der Waals surface area contributed by atoms with Gasteiger partial charge in [-0.25, -0.2) is 0 Å². The van der Waals surface area contributed by atoms with Crippen molar-refractivity contribution < 1.29 is 31.1 Å². The summed E-state index contributed by atoms with van der Waals surface area (Å²) in [5.41, 5.74) is -3.89. The van der Waals surface area contributed by atoms with Crippen LogP contribution in [0.1, 0.15) is 6.42 Å². The summed E-state index contributed by atoms with van der Waals surface area (Å²) in [6, 6.07) is 0. The third-order valence-corrected chi connectivity index (χ3v) is 5.15. The molecule has 4 saturated carbocycles. The first-order valence-electron chi connectivity index (χ1n) is 5.51. The molecule has 0 aromatic heterocycles. The lowest BCUT2D eigenvalue weighted by Crippen LogP contribution is -2.62. The van der Waals surface area contributed by atoms with E-state index in [0.717, 1.165) is 0 Å². The fourth-order valence-electron chi connectivity index (χ4n) is 4.79. The van der Waals surface area contributed by atoms with Gasteiger partial charge in [0.25, 0.3) is 5.60 Å². The van der Waals surface area contributed by atoms with Gasteiger partial charge in [-0.1, -0.05) is 0 Å².